The van der Waals surface area contributed by atoms with E-state index in [0.717, 1.165) is 25.9 Å². The van der Waals surface area contributed by atoms with E-state index in [2.05, 4.69) is 25.1 Å². The highest BCUT2D eigenvalue weighted by molar-refractivity contribution is 5.82. The van der Waals surface area contributed by atoms with Crippen molar-refractivity contribution in [1.82, 2.24) is 0 Å². The van der Waals surface area contributed by atoms with Crippen molar-refractivity contribution in [3.05, 3.63) is 35.4 Å². The summed E-state index contributed by atoms with van der Waals surface area (Å²) < 4.78 is 5.84. The minimum absolute atomic E-state index is 0.00615. The fraction of sp³-hybridized carbons (Fsp3) is 0.588. The second-order valence-electron chi connectivity index (χ2n) is 6.09. The second-order valence-corrected chi connectivity index (χ2v) is 6.09. The first-order valence-electron chi connectivity index (χ1n) is 7.46. The quantitative estimate of drug-likeness (QED) is 0.826. The average Bonchev–Trinajstić information content (AvgIpc) is 2.86. The van der Waals surface area contributed by atoms with Gasteiger partial charge in [-0.2, -0.15) is 0 Å². The van der Waals surface area contributed by atoms with Crippen molar-refractivity contribution >= 4 is 5.78 Å². The predicted octanol–water partition coefficient (Wildman–Crippen LogP) is 3.70. The number of rotatable bonds is 3. The molecule has 3 rings (SSSR count). The molecule has 102 valence electrons. The number of Topliss-reactive ketones (excluding diaryl/α,β-unsaturated/α-hetero) is 1. The van der Waals surface area contributed by atoms with Crippen LogP contribution in [0.15, 0.2) is 24.3 Å². The lowest BCUT2D eigenvalue weighted by atomic mass is 9.90. The summed E-state index contributed by atoms with van der Waals surface area (Å²) in [5, 5.41) is 0. The zero-order chi connectivity index (χ0) is 13.2. The number of carbonyl (C=O) groups excluding carboxylic acids is 1. The summed E-state index contributed by atoms with van der Waals surface area (Å²) in [6.07, 6.45) is 4.89. The van der Waals surface area contributed by atoms with Crippen LogP contribution in [0.5, 0.6) is 0 Å². The average molecular weight is 258 g/mol. The van der Waals surface area contributed by atoms with Crippen LogP contribution in [0.1, 0.15) is 49.8 Å². The molecule has 3 atom stereocenters. The largest absolute Gasteiger partial charge is 0.373 e. The Hall–Kier alpha value is -1.15. The Labute approximate surface area is 115 Å². The minimum Gasteiger partial charge on any atom is -0.373 e. The van der Waals surface area contributed by atoms with Crippen molar-refractivity contribution in [3.63, 3.8) is 0 Å². The lowest BCUT2D eigenvalue weighted by Gasteiger charge is -2.26. The van der Waals surface area contributed by atoms with Gasteiger partial charge in [-0.15, -0.1) is 0 Å². The molecule has 0 spiro atoms. The normalized spacial score (nSPS) is 30.1. The number of ketones is 1. The van der Waals surface area contributed by atoms with E-state index in [1.807, 2.05) is 6.07 Å². The molecule has 1 aliphatic heterocycles. The zero-order valence-corrected chi connectivity index (χ0v) is 11.6. The number of benzene rings is 1. The van der Waals surface area contributed by atoms with Gasteiger partial charge >= 0.3 is 0 Å². The van der Waals surface area contributed by atoms with Crippen LogP contribution in [-0.4, -0.2) is 12.4 Å². The molecule has 0 N–H and O–H groups in total. The maximum atomic E-state index is 12.4. The van der Waals surface area contributed by atoms with E-state index in [4.69, 9.17) is 4.74 Å². The van der Waals surface area contributed by atoms with Crippen LogP contribution in [0.25, 0.3) is 0 Å². The number of carbonyl (C=O) groups is 1. The van der Waals surface area contributed by atoms with Crippen molar-refractivity contribution in [2.45, 2.75) is 45.1 Å². The van der Waals surface area contributed by atoms with Crippen LogP contribution >= 0.6 is 0 Å². The molecule has 19 heavy (non-hydrogen) atoms. The Morgan fingerprint density at radius 1 is 1.32 bits per heavy atom. The number of hydrogen-bond donors (Lipinski definition) is 0. The molecule has 0 amide bonds. The fourth-order valence-corrected chi connectivity index (χ4v) is 3.49. The number of ether oxygens (including phenoxy) is 1. The van der Waals surface area contributed by atoms with Crippen LogP contribution < -0.4 is 0 Å². The van der Waals surface area contributed by atoms with Gasteiger partial charge in [0.15, 0.2) is 0 Å². The molecule has 2 heteroatoms. The number of fused-ring (bicyclic) bond motifs is 1. The van der Waals surface area contributed by atoms with Gasteiger partial charge < -0.3 is 4.74 Å². The van der Waals surface area contributed by atoms with E-state index in [9.17, 15) is 4.79 Å². The lowest BCUT2D eigenvalue weighted by molar-refractivity contribution is -0.126. The standard InChI is InChI=1S/C17H22O2/c1-12-6-7-14(10-12)16(18)11-17-15-5-3-2-4-13(15)8-9-19-17/h2-5,12,14,17H,6-11H2,1H3. The van der Waals surface area contributed by atoms with Crippen LogP contribution in [0.3, 0.4) is 0 Å². The molecule has 1 saturated carbocycles. The summed E-state index contributed by atoms with van der Waals surface area (Å²) in [5.41, 5.74) is 2.58. The monoisotopic (exact) mass is 258 g/mol. The van der Waals surface area contributed by atoms with Crippen molar-refractivity contribution < 1.29 is 9.53 Å². The predicted molar refractivity (Wildman–Crippen MR) is 75.0 cm³/mol. The molecule has 1 aromatic carbocycles. The van der Waals surface area contributed by atoms with Gasteiger partial charge in [-0.25, -0.2) is 0 Å². The zero-order valence-electron chi connectivity index (χ0n) is 11.6. The topological polar surface area (TPSA) is 26.3 Å². The lowest BCUT2D eigenvalue weighted by Crippen LogP contribution is -2.22. The van der Waals surface area contributed by atoms with Crippen molar-refractivity contribution in [2.24, 2.45) is 11.8 Å². The third-order valence-corrected chi connectivity index (χ3v) is 4.63. The highest BCUT2D eigenvalue weighted by Crippen LogP contribution is 2.35. The van der Waals surface area contributed by atoms with Crippen LogP contribution in [0, 0.1) is 11.8 Å². The van der Waals surface area contributed by atoms with Crippen LogP contribution in [0.4, 0.5) is 0 Å². The molecule has 1 aromatic rings. The molecule has 0 radical (unpaired) electrons. The Morgan fingerprint density at radius 3 is 2.95 bits per heavy atom. The van der Waals surface area contributed by atoms with Gasteiger partial charge in [0.2, 0.25) is 0 Å². The van der Waals surface area contributed by atoms with E-state index >= 15 is 0 Å². The summed E-state index contributed by atoms with van der Waals surface area (Å²) in [6.45, 7) is 3.00. The Bertz CT molecular complexity index is 466. The molecule has 1 heterocycles. The van der Waals surface area contributed by atoms with Gasteiger partial charge in [-0.1, -0.05) is 31.2 Å². The molecule has 1 aliphatic carbocycles. The molecule has 2 aliphatic rings. The van der Waals surface area contributed by atoms with E-state index in [0.29, 0.717) is 18.1 Å². The van der Waals surface area contributed by atoms with Crippen LogP contribution in [0.2, 0.25) is 0 Å². The van der Waals surface area contributed by atoms with E-state index in [1.54, 1.807) is 0 Å². The molecule has 0 bridgehead atoms. The fourth-order valence-electron chi connectivity index (χ4n) is 3.49. The SMILES string of the molecule is CC1CCC(C(=O)CC2OCCc3ccccc32)C1. The van der Waals surface area contributed by atoms with E-state index < -0.39 is 0 Å². The van der Waals surface area contributed by atoms with Crippen molar-refractivity contribution in [1.29, 1.82) is 0 Å². The minimum atomic E-state index is -0.00615. The highest BCUT2D eigenvalue weighted by atomic mass is 16.5. The van der Waals surface area contributed by atoms with Gasteiger partial charge in [-0.05, 0) is 42.7 Å². The first-order chi connectivity index (χ1) is 9.24. The summed E-state index contributed by atoms with van der Waals surface area (Å²) in [7, 11) is 0. The molecule has 2 nitrogen and oxygen atoms in total. The summed E-state index contributed by atoms with van der Waals surface area (Å²) in [6, 6.07) is 8.39. The van der Waals surface area contributed by atoms with Crippen molar-refractivity contribution in [2.75, 3.05) is 6.61 Å². The van der Waals surface area contributed by atoms with Crippen molar-refractivity contribution in [3.8, 4) is 0 Å². The van der Waals surface area contributed by atoms with Crippen LogP contribution in [-0.2, 0) is 16.0 Å². The highest BCUT2D eigenvalue weighted by Gasteiger charge is 2.30. The van der Waals surface area contributed by atoms with Gasteiger partial charge in [-0.3, -0.25) is 4.79 Å². The smallest absolute Gasteiger partial charge is 0.138 e. The first-order valence-corrected chi connectivity index (χ1v) is 7.46. The van der Waals surface area contributed by atoms with E-state index in [1.165, 1.54) is 17.5 Å². The summed E-state index contributed by atoms with van der Waals surface area (Å²) in [5.74, 6) is 1.41. The van der Waals surface area contributed by atoms with Gasteiger partial charge in [0.05, 0.1) is 12.7 Å². The maximum absolute atomic E-state index is 12.4. The first kappa shape index (κ1) is 12.9. The third-order valence-electron chi connectivity index (χ3n) is 4.63. The Kier molecular flexibility index (Phi) is 3.69. The van der Waals surface area contributed by atoms with Gasteiger partial charge in [0, 0.05) is 12.3 Å². The summed E-state index contributed by atoms with van der Waals surface area (Å²) in [4.78, 5) is 12.4. The van der Waals surface area contributed by atoms with E-state index in [-0.39, 0.29) is 12.0 Å². The second kappa shape index (κ2) is 5.46. The summed E-state index contributed by atoms with van der Waals surface area (Å²) >= 11 is 0. The maximum Gasteiger partial charge on any atom is 0.138 e. The molecule has 3 unspecified atom stereocenters. The molecular formula is C17H22O2. The molecule has 0 aromatic heterocycles. The third kappa shape index (κ3) is 2.74. The molecule has 0 saturated heterocycles. The number of hydrogen-bond acceptors (Lipinski definition) is 2. The molecule has 1 fully saturated rings. The Balaban J connectivity index is 1.69. The van der Waals surface area contributed by atoms with Gasteiger partial charge in [0.25, 0.3) is 0 Å². The molecular weight excluding hydrogens is 236 g/mol. The van der Waals surface area contributed by atoms with Gasteiger partial charge in [0.1, 0.15) is 5.78 Å². The Morgan fingerprint density at radius 2 is 2.16 bits per heavy atom.